The summed E-state index contributed by atoms with van der Waals surface area (Å²) in [6.45, 7) is 1.21. The lowest BCUT2D eigenvalue weighted by Gasteiger charge is -2.23. The van der Waals surface area contributed by atoms with E-state index < -0.39 is 0 Å². The zero-order valence-electron chi connectivity index (χ0n) is 10.4. The van der Waals surface area contributed by atoms with Gasteiger partial charge in [-0.15, -0.1) is 0 Å². The number of nitrogens with zero attached hydrogens (tertiary/aromatic N) is 2. The summed E-state index contributed by atoms with van der Waals surface area (Å²) in [5.41, 5.74) is 1.85. The Bertz CT molecular complexity index is 527. The van der Waals surface area contributed by atoms with E-state index in [1.807, 2.05) is 6.07 Å². The van der Waals surface area contributed by atoms with Crippen LogP contribution in [-0.2, 0) is 6.54 Å². The van der Waals surface area contributed by atoms with Crippen LogP contribution in [-0.4, -0.2) is 27.8 Å². The SMILES string of the molecule is O[C@@H]1C[C@H](c2ccc(F)cc2)N(Cc2ccon2)C1. The third kappa shape index (κ3) is 2.67. The van der Waals surface area contributed by atoms with Crippen LogP contribution in [0.25, 0.3) is 0 Å². The van der Waals surface area contributed by atoms with E-state index in [1.54, 1.807) is 12.1 Å². The minimum atomic E-state index is -0.359. The molecule has 0 unspecified atom stereocenters. The molecule has 4 nitrogen and oxygen atoms in total. The van der Waals surface area contributed by atoms with Crippen molar-refractivity contribution >= 4 is 0 Å². The maximum atomic E-state index is 13.0. The van der Waals surface area contributed by atoms with Gasteiger partial charge in [-0.25, -0.2) is 4.39 Å². The Balaban J connectivity index is 1.80. The van der Waals surface area contributed by atoms with Crippen molar-refractivity contribution < 1.29 is 14.0 Å². The molecule has 0 amide bonds. The predicted octanol–water partition coefficient (Wildman–Crippen LogP) is 2.12. The number of β-amino-alcohol motifs (C(OH)–C–C–N with tert-alkyl or cyclic N) is 1. The number of aromatic nitrogens is 1. The molecular weight excluding hydrogens is 247 g/mol. The summed E-state index contributed by atoms with van der Waals surface area (Å²) in [6.07, 6.45) is 1.83. The zero-order chi connectivity index (χ0) is 13.2. The van der Waals surface area contributed by atoms with Crippen molar-refractivity contribution in [3.05, 3.63) is 53.7 Å². The van der Waals surface area contributed by atoms with Crippen molar-refractivity contribution in [3.8, 4) is 0 Å². The van der Waals surface area contributed by atoms with Crippen molar-refractivity contribution in [2.75, 3.05) is 6.54 Å². The van der Waals surface area contributed by atoms with E-state index >= 15 is 0 Å². The minimum Gasteiger partial charge on any atom is -0.392 e. The molecule has 19 heavy (non-hydrogen) atoms. The van der Waals surface area contributed by atoms with Crippen molar-refractivity contribution in [2.45, 2.75) is 25.1 Å². The Morgan fingerprint density at radius 1 is 1.32 bits per heavy atom. The van der Waals surface area contributed by atoms with E-state index in [0.29, 0.717) is 19.5 Å². The van der Waals surface area contributed by atoms with E-state index in [4.69, 9.17) is 4.52 Å². The Hall–Kier alpha value is -1.72. The molecule has 1 fully saturated rings. The Morgan fingerprint density at radius 2 is 2.11 bits per heavy atom. The summed E-state index contributed by atoms with van der Waals surface area (Å²) in [6, 6.07) is 8.35. The molecule has 5 heteroatoms. The van der Waals surface area contributed by atoms with Gasteiger partial charge in [-0.2, -0.15) is 0 Å². The molecule has 0 bridgehead atoms. The molecular formula is C14H15FN2O2. The van der Waals surface area contributed by atoms with Crippen LogP contribution in [0.2, 0.25) is 0 Å². The summed E-state index contributed by atoms with van der Waals surface area (Å²) < 4.78 is 17.8. The summed E-state index contributed by atoms with van der Waals surface area (Å²) >= 11 is 0. The van der Waals surface area contributed by atoms with Crippen molar-refractivity contribution in [1.82, 2.24) is 10.1 Å². The van der Waals surface area contributed by atoms with Crippen LogP contribution in [0.3, 0.4) is 0 Å². The van der Waals surface area contributed by atoms with Crippen LogP contribution in [0.4, 0.5) is 4.39 Å². The first-order chi connectivity index (χ1) is 9.22. The van der Waals surface area contributed by atoms with E-state index in [2.05, 4.69) is 10.1 Å². The number of halogens is 1. The van der Waals surface area contributed by atoms with E-state index in [0.717, 1.165) is 11.3 Å². The van der Waals surface area contributed by atoms with Gasteiger partial charge >= 0.3 is 0 Å². The minimum absolute atomic E-state index is 0.0901. The van der Waals surface area contributed by atoms with Gasteiger partial charge < -0.3 is 9.63 Å². The number of hydrogen-bond donors (Lipinski definition) is 1. The lowest BCUT2D eigenvalue weighted by atomic mass is 10.0. The molecule has 1 aliphatic rings. The molecule has 1 saturated heterocycles. The van der Waals surface area contributed by atoms with Crippen LogP contribution in [0.15, 0.2) is 41.1 Å². The zero-order valence-corrected chi connectivity index (χ0v) is 10.4. The monoisotopic (exact) mass is 262 g/mol. The summed E-state index contributed by atoms with van der Waals surface area (Å²) in [4.78, 5) is 2.13. The van der Waals surface area contributed by atoms with Crippen molar-refractivity contribution in [1.29, 1.82) is 0 Å². The van der Waals surface area contributed by atoms with Crippen molar-refractivity contribution in [3.63, 3.8) is 0 Å². The molecule has 0 saturated carbocycles. The Morgan fingerprint density at radius 3 is 2.79 bits per heavy atom. The first-order valence-corrected chi connectivity index (χ1v) is 6.29. The van der Waals surface area contributed by atoms with Crippen LogP contribution >= 0.6 is 0 Å². The number of benzene rings is 1. The van der Waals surface area contributed by atoms with E-state index in [1.165, 1.54) is 18.4 Å². The fourth-order valence-corrected chi connectivity index (χ4v) is 2.61. The molecule has 0 aliphatic carbocycles. The molecule has 1 N–H and O–H groups in total. The van der Waals surface area contributed by atoms with Gasteiger partial charge in [-0.1, -0.05) is 17.3 Å². The average Bonchev–Trinajstić information content (AvgIpc) is 3.01. The Labute approximate surface area is 110 Å². The summed E-state index contributed by atoms with van der Waals surface area (Å²) in [7, 11) is 0. The maximum absolute atomic E-state index is 13.0. The average molecular weight is 262 g/mol. The molecule has 2 aromatic rings. The second-order valence-corrected chi connectivity index (χ2v) is 4.88. The van der Waals surface area contributed by atoms with E-state index in [-0.39, 0.29) is 18.0 Å². The van der Waals surface area contributed by atoms with Gasteiger partial charge in [-0.05, 0) is 24.1 Å². The molecule has 1 aromatic carbocycles. The summed E-state index contributed by atoms with van der Waals surface area (Å²) in [5.74, 6) is -0.245. The topological polar surface area (TPSA) is 49.5 Å². The van der Waals surface area contributed by atoms with Crippen LogP contribution in [0.1, 0.15) is 23.7 Å². The lowest BCUT2D eigenvalue weighted by Crippen LogP contribution is -2.24. The second-order valence-electron chi connectivity index (χ2n) is 4.88. The summed E-state index contributed by atoms with van der Waals surface area (Å²) in [5, 5.41) is 13.7. The highest BCUT2D eigenvalue weighted by Crippen LogP contribution is 2.33. The number of rotatable bonds is 3. The van der Waals surface area contributed by atoms with Gasteiger partial charge in [-0.3, -0.25) is 4.90 Å². The van der Waals surface area contributed by atoms with Crippen LogP contribution < -0.4 is 0 Å². The van der Waals surface area contributed by atoms with Gasteiger partial charge in [0.05, 0.1) is 11.8 Å². The number of likely N-dealkylation sites (tertiary alicyclic amines) is 1. The number of hydrogen-bond acceptors (Lipinski definition) is 4. The quantitative estimate of drug-likeness (QED) is 0.920. The van der Waals surface area contributed by atoms with Gasteiger partial charge in [0, 0.05) is 25.2 Å². The van der Waals surface area contributed by atoms with Gasteiger partial charge in [0.25, 0.3) is 0 Å². The second kappa shape index (κ2) is 5.11. The van der Waals surface area contributed by atoms with Crippen LogP contribution in [0, 0.1) is 5.82 Å². The lowest BCUT2D eigenvalue weighted by molar-refractivity contribution is 0.171. The molecule has 2 atom stereocenters. The van der Waals surface area contributed by atoms with Crippen molar-refractivity contribution in [2.24, 2.45) is 0 Å². The molecule has 2 heterocycles. The van der Waals surface area contributed by atoms with E-state index in [9.17, 15) is 9.50 Å². The van der Waals surface area contributed by atoms with Gasteiger partial charge in [0.15, 0.2) is 0 Å². The fourth-order valence-electron chi connectivity index (χ4n) is 2.61. The Kier molecular flexibility index (Phi) is 3.31. The molecule has 1 aromatic heterocycles. The largest absolute Gasteiger partial charge is 0.392 e. The standard InChI is InChI=1S/C14H15FN2O2/c15-11-3-1-10(2-4-11)14-7-13(18)9-17(14)8-12-5-6-19-16-12/h1-6,13-14,18H,7-9H2/t13-,14-/m1/s1. The third-order valence-electron chi connectivity index (χ3n) is 3.49. The normalized spacial score (nSPS) is 23.9. The highest BCUT2D eigenvalue weighted by molar-refractivity contribution is 5.21. The molecule has 0 radical (unpaired) electrons. The number of aliphatic hydroxyl groups excluding tert-OH is 1. The fraction of sp³-hybridized carbons (Fsp3) is 0.357. The highest BCUT2D eigenvalue weighted by atomic mass is 19.1. The van der Waals surface area contributed by atoms with Crippen LogP contribution in [0.5, 0.6) is 0 Å². The molecule has 1 aliphatic heterocycles. The van der Waals surface area contributed by atoms with Gasteiger partial charge in [0.2, 0.25) is 0 Å². The molecule has 3 rings (SSSR count). The maximum Gasteiger partial charge on any atom is 0.124 e. The van der Waals surface area contributed by atoms with Gasteiger partial charge in [0.1, 0.15) is 12.1 Å². The smallest absolute Gasteiger partial charge is 0.124 e. The third-order valence-corrected chi connectivity index (χ3v) is 3.49. The number of aliphatic hydroxyl groups is 1. The molecule has 0 spiro atoms. The molecule has 100 valence electrons. The first-order valence-electron chi connectivity index (χ1n) is 6.29. The highest BCUT2D eigenvalue weighted by Gasteiger charge is 2.32. The predicted molar refractivity (Wildman–Crippen MR) is 66.7 cm³/mol. The first kappa shape index (κ1) is 12.3.